The van der Waals surface area contributed by atoms with Crippen molar-refractivity contribution in [1.29, 1.82) is 0 Å². The van der Waals surface area contributed by atoms with Gasteiger partial charge in [-0.2, -0.15) is 0 Å². The highest BCUT2D eigenvalue weighted by molar-refractivity contribution is 7.80. The number of hydrogen-bond donors (Lipinski definition) is 1. The summed E-state index contributed by atoms with van der Waals surface area (Å²) < 4.78 is 10.7. The molecule has 1 heterocycles. The number of ether oxygens (including phenoxy) is 2. The molecule has 2 nitrogen and oxygen atoms in total. The molecular weight excluding hydrogens is 280 g/mol. The zero-order valence-corrected chi connectivity index (χ0v) is 13.6. The molecule has 0 atom stereocenters. The van der Waals surface area contributed by atoms with E-state index in [-0.39, 0.29) is 0 Å². The average Bonchev–Trinajstić information content (AvgIpc) is 3.10. The number of rotatable bonds is 4. The first-order chi connectivity index (χ1) is 10.3. The van der Waals surface area contributed by atoms with Gasteiger partial charge in [-0.3, -0.25) is 0 Å². The fraction of sp³-hybridized carbons (Fsp3) is 0.444. The Bertz CT molecular complexity index is 542. The Balaban J connectivity index is 0.000000272. The Kier molecular flexibility index (Phi) is 6.90. The molecule has 0 bridgehead atoms. The van der Waals surface area contributed by atoms with E-state index in [1.54, 1.807) is 0 Å². The zero-order chi connectivity index (χ0) is 14.9. The van der Waals surface area contributed by atoms with Gasteiger partial charge in [0, 0.05) is 23.5 Å². The van der Waals surface area contributed by atoms with Gasteiger partial charge in [-0.1, -0.05) is 37.6 Å². The number of thiol groups is 1. The van der Waals surface area contributed by atoms with Crippen LogP contribution in [-0.4, -0.2) is 19.8 Å². The third-order valence-electron chi connectivity index (χ3n) is 3.44. The normalized spacial score (nSPS) is 13.8. The van der Waals surface area contributed by atoms with Crippen LogP contribution >= 0.6 is 12.6 Å². The molecule has 1 aliphatic rings. The Labute approximate surface area is 132 Å². The number of benzene rings is 2. The molecule has 21 heavy (non-hydrogen) atoms. The van der Waals surface area contributed by atoms with Gasteiger partial charge in [0.2, 0.25) is 0 Å². The van der Waals surface area contributed by atoms with Gasteiger partial charge in [0.15, 0.2) is 0 Å². The molecule has 0 N–H and O–H groups in total. The van der Waals surface area contributed by atoms with Crippen LogP contribution in [-0.2, 0) is 4.74 Å². The highest BCUT2D eigenvalue weighted by Crippen LogP contribution is 2.30. The van der Waals surface area contributed by atoms with E-state index in [1.165, 1.54) is 12.8 Å². The first-order valence-electron chi connectivity index (χ1n) is 7.74. The second-order valence-electron chi connectivity index (χ2n) is 5.15. The van der Waals surface area contributed by atoms with Gasteiger partial charge in [-0.15, -0.1) is 12.6 Å². The van der Waals surface area contributed by atoms with E-state index < -0.39 is 0 Å². The molecule has 114 valence electrons. The zero-order valence-electron chi connectivity index (χ0n) is 12.7. The second kappa shape index (κ2) is 8.96. The van der Waals surface area contributed by atoms with Crippen molar-refractivity contribution in [3.05, 3.63) is 36.4 Å². The number of fused-ring (bicyclic) bond motifs is 1. The summed E-state index contributed by atoms with van der Waals surface area (Å²) in [6.45, 7) is 4.95. The molecule has 0 aromatic heterocycles. The predicted molar refractivity (Wildman–Crippen MR) is 91.7 cm³/mol. The van der Waals surface area contributed by atoms with Gasteiger partial charge in [0.05, 0.1) is 6.61 Å². The molecule has 0 aliphatic carbocycles. The molecule has 3 heteroatoms. The van der Waals surface area contributed by atoms with Crippen molar-refractivity contribution in [2.45, 2.75) is 37.5 Å². The molecular formula is C18H24O2S. The fourth-order valence-corrected chi connectivity index (χ4v) is 2.49. The van der Waals surface area contributed by atoms with E-state index in [4.69, 9.17) is 9.47 Å². The van der Waals surface area contributed by atoms with Gasteiger partial charge < -0.3 is 9.47 Å². The molecule has 2 aromatic carbocycles. The standard InChI is InChI=1S/C14H16OS.C4H8O/c1-2-3-10-15-13-8-9-14(16)12-7-5-4-6-11(12)13;1-2-4-5-3-1/h4-9,16H,2-3,10H2,1H3;1-4H2. The topological polar surface area (TPSA) is 18.5 Å². The lowest BCUT2D eigenvalue weighted by Crippen LogP contribution is -1.97. The summed E-state index contributed by atoms with van der Waals surface area (Å²) in [6.07, 6.45) is 4.81. The lowest BCUT2D eigenvalue weighted by Gasteiger charge is -2.10. The quantitative estimate of drug-likeness (QED) is 0.625. The molecule has 0 unspecified atom stereocenters. The molecule has 1 saturated heterocycles. The van der Waals surface area contributed by atoms with Gasteiger partial charge in [-0.25, -0.2) is 0 Å². The number of hydrogen-bond acceptors (Lipinski definition) is 3. The minimum absolute atomic E-state index is 0.784. The van der Waals surface area contributed by atoms with E-state index in [0.717, 1.165) is 54.1 Å². The van der Waals surface area contributed by atoms with Crippen molar-refractivity contribution in [3.63, 3.8) is 0 Å². The summed E-state index contributed by atoms with van der Waals surface area (Å²) >= 11 is 4.45. The maximum absolute atomic E-state index is 5.78. The molecule has 0 saturated carbocycles. The smallest absolute Gasteiger partial charge is 0.127 e. The lowest BCUT2D eigenvalue weighted by atomic mass is 10.1. The summed E-state index contributed by atoms with van der Waals surface area (Å²) in [5.41, 5.74) is 0. The second-order valence-corrected chi connectivity index (χ2v) is 5.63. The molecule has 2 aromatic rings. The van der Waals surface area contributed by atoms with Crippen molar-refractivity contribution < 1.29 is 9.47 Å². The first kappa shape index (κ1) is 16.2. The van der Waals surface area contributed by atoms with Crippen molar-refractivity contribution in [1.82, 2.24) is 0 Å². The monoisotopic (exact) mass is 304 g/mol. The Morgan fingerprint density at radius 3 is 2.38 bits per heavy atom. The van der Waals surface area contributed by atoms with E-state index in [9.17, 15) is 0 Å². The molecule has 0 spiro atoms. The average molecular weight is 304 g/mol. The molecule has 3 rings (SSSR count). The predicted octanol–water partition coefficient (Wildman–Crippen LogP) is 5.10. The van der Waals surface area contributed by atoms with Crippen LogP contribution < -0.4 is 4.74 Å². The van der Waals surface area contributed by atoms with Gasteiger partial charge in [-0.05, 0) is 36.8 Å². The Morgan fingerprint density at radius 1 is 1.05 bits per heavy atom. The Morgan fingerprint density at radius 2 is 1.76 bits per heavy atom. The van der Waals surface area contributed by atoms with Crippen molar-refractivity contribution in [2.24, 2.45) is 0 Å². The highest BCUT2D eigenvalue weighted by Gasteiger charge is 2.03. The van der Waals surface area contributed by atoms with Crippen LogP contribution in [0.25, 0.3) is 10.8 Å². The summed E-state index contributed by atoms with van der Waals surface area (Å²) in [6, 6.07) is 12.2. The van der Waals surface area contributed by atoms with Crippen LogP contribution in [0, 0.1) is 0 Å². The lowest BCUT2D eigenvalue weighted by molar-refractivity contribution is 0.198. The van der Waals surface area contributed by atoms with Crippen molar-refractivity contribution in [2.75, 3.05) is 19.8 Å². The first-order valence-corrected chi connectivity index (χ1v) is 8.19. The van der Waals surface area contributed by atoms with Crippen LogP contribution in [0.15, 0.2) is 41.3 Å². The summed E-state index contributed by atoms with van der Waals surface area (Å²) in [7, 11) is 0. The van der Waals surface area contributed by atoms with Gasteiger partial charge in [0.1, 0.15) is 5.75 Å². The summed E-state index contributed by atoms with van der Waals surface area (Å²) in [4.78, 5) is 0.999. The van der Waals surface area contributed by atoms with Crippen LogP contribution in [0.5, 0.6) is 5.75 Å². The van der Waals surface area contributed by atoms with Crippen molar-refractivity contribution in [3.8, 4) is 5.75 Å². The SMILES string of the molecule is C1CCOC1.CCCCOc1ccc(S)c2ccccc12. The highest BCUT2D eigenvalue weighted by atomic mass is 32.1. The maximum Gasteiger partial charge on any atom is 0.127 e. The minimum atomic E-state index is 0.784. The summed E-state index contributed by atoms with van der Waals surface area (Å²) in [5, 5.41) is 2.30. The Hall–Kier alpha value is -1.19. The van der Waals surface area contributed by atoms with E-state index in [1.807, 2.05) is 24.3 Å². The van der Waals surface area contributed by atoms with Crippen LogP contribution in [0.1, 0.15) is 32.6 Å². The van der Waals surface area contributed by atoms with Gasteiger partial charge >= 0.3 is 0 Å². The number of unbranched alkanes of at least 4 members (excludes halogenated alkanes) is 1. The van der Waals surface area contributed by atoms with Crippen LogP contribution in [0.3, 0.4) is 0 Å². The molecule has 1 aliphatic heterocycles. The largest absolute Gasteiger partial charge is 0.493 e. The fourth-order valence-electron chi connectivity index (χ4n) is 2.22. The van der Waals surface area contributed by atoms with E-state index >= 15 is 0 Å². The van der Waals surface area contributed by atoms with Crippen LogP contribution in [0.4, 0.5) is 0 Å². The van der Waals surface area contributed by atoms with E-state index in [2.05, 4.69) is 31.7 Å². The maximum atomic E-state index is 5.78. The summed E-state index contributed by atoms with van der Waals surface area (Å²) in [5.74, 6) is 0.960. The molecule has 0 radical (unpaired) electrons. The molecule has 1 fully saturated rings. The third-order valence-corrected chi connectivity index (χ3v) is 3.83. The van der Waals surface area contributed by atoms with Crippen LogP contribution in [0.2, 0.25) is 0 Å². The minimum Gasteiger partial charge on any atom is -0.493 e. The van der Waals surface area contributed by atoms with Crippen molar-refractivity contribution >= 4 is 23.4 Å². The molecule has 0 amide bonds. The van der Waals surface area contributed by atoms with E-state index in [0.29, 0.717) is 0 Å². The third kappa shape index (κ3) is 4.94. The van der Waals surface area contributed by atoms with Gasteiger partial charge in [0.25, 0.3) is 0 Å².